The average Bonchev–Trinajstić information content (AvgIpc) is 2.91. The molecule has 0 bridgehead atoms. The maximum Gasteiger partial charge on any atom is 0.331 e. The van der Waals surface area contributed by atoms with E-state index in [4.69, 9.17) is 9.47 Å². The zero-order valence-corrected chi connectivity index (χ0v) is 22.5. The second kappa shape index (κ2) is 12.4. The number of likely N-dealkylation sites (N-methyl/N-ethyl adjacent to an activating group) is 1. The normalized spacial score (nSPS) is 29.8. The zero-order valence-electron chi connectivity index (χ0n) is 22.5. The molecule has 1 aromatic heterocycles. The molecule has 2 saturated heterocycles. The van der Waals surface area contributed by atoms with Crippen LogP contribution < -0.4 is 10.6 Å². The highest BCUT2D eigenvalue weighted by Gasteiger charge is 2.45. The van der Waals surface area contributed by atoms with E-state index in [0.29, 0.717) is 13.0 Å². The van der Waals surface area contributed by atoms with Crippen molar-refractivity contribution in [1.29, 1.82) is 0 Å². The fourth-order valence-electron chi connectivity index (χ4n) is 4.91. The van der Waals surface area contributed by atoms with Gasteiger partial charge in [0, 0.05) is 19.9 Å². The molecule has 0 spiro atoms. The van der Waals surface area contributed by atoms with Crippen molar-refractivity contribution in [2.24, 2.45) is 5.92 Å². The summed E-state index contributed by atoms with van der Waals surface area (Å²) in [6, 6.07) is 8.33. The first kappa shape index (κ1) is 29.0. The van der Waals surface area contributed by atoms with Crippen LogP contribution in [0.3, 0.4) is 0 Å². The van der Waals surface area contributed by atoms with E-state index in [1.807, 2.05) is 30.3 Å². The highest BCUT2D eigenvalue weighted by molar-refractivity contribution is 5.98. The first-order chi connectivity index (χ1) is 19.1. The number of nitrogens with one attached hydrogen (secondary N) is 2. The number of nitrogens with zero attached hydrogens (tertiary/aromatic N) is 2. The Labute approximate surface area is 231 Å². The summed E-state index contributed by atoms with van der Waals surface area (Å²) in [5.74, 6) is -4.36. The Hall–Kier alpha value is -4.03. The minimum Gasteiger partial charge on any atom is -0.505 e. The first-order valence-electron chi connectivity index (χ1n) is 13.1. The Kier molecular flexibility index (Phi) is 9.00. The number of hydrogen-bond acceptors (Lipinski definition) is 9. The third-order valence-corrected chi connectivity index (χ3v) is 7.38. The molecule has 2 aliphatic rings. The number of aliphatic hydroxyl groups is 1. The molecule has 4 N–H and O–H groups in total. The number of aromatic nitrogens is 1. The third kappa shape index (κ3) is 6.23. The van der Waals surface area contributed by atoms with Gasteiger partial charge in [-0.1, -0.05) is 37.3 Å². The van der Waals surface area contributed by atoms with Crippen molar-refractivity contribution < 1.29 is 38.9 Å². The number of ether oxygens (including phenoxy) is 2. The second-order valence-electron chi connectivity index (χ2n) is 10.1. The van der Waals surface area contributed by atoms with Crippen LogP contribution in [0.1, 0.15) is 36.3 Å². The van der Waals surface area contributed by atoms with E-state index in [1.165, 1.54) is 44.1 Å². The lowest BCUT2D eigenvalue weighted by molar-refractivity contribution is -0.177. The quantitative estimate of drug-likeness (QED) is 0.377. The molecule has 12 heteroatoms. The van der Waals surface area contributed by atoms with E-state index < -0.39 is 71.8 Å². The molecule has 0 aliphatic carbocycles. The van der Waals surface area contributed by atoms with Gasteiger partial charge in [0.1, 0.15) is 17.9 Å². The molecule has 2 fully saturated rings. The molecule has 2 unspecified atom stereocenters. The van der Waals surface area contributed by atoms with Crippen molar-refractivity contribution in [3.63, 3.8) is 0 Å². The fraction of sp³-hybridized carbons (Fsp3) is 0.464. The monoisotopic (exact) mass is 554 g/mol. The van der Waals surface area contributed by atoms with Crippen LogP contribution >= 0.6 is 0 Å². The smallest absolute Gasteiger partial charge is 0.331 e. The number of carbonyl (C=O) groups excluding carboxylic acids is 4. The van der Waals surface area contributed by atoms with Crippen LogP contribution in [0.2, 0.25) is 0 Å². The predicted molar refractivity (Wildman–Crippen MR) is 141 cm³/mol. The largest absolute Gasteiger partial charge is 0.505 e. The van der Waals surface area contributed by atoms with Crippen LogP contribution in [-0.2, 0) is 30.3 Å². The molecule has 40 heavy (non-hydrogen) atoms. The number of pyridine rings is 1. The molecule has 2 aromatic rings. The average molecular weight is 555 g/mol. The Bertz CT molecular complexity index is 1240. The summed E-state index contributed by atoms with van der Waals surface area (Å²) in [4.78, 5) is 58.5. The summed E-state index contributed by atoms with van der Waals surface area (Å²) in [7, 11) is 1.45. The van der Waals surface area contributed by atoms with E-state index in [-0.39, 0.29) is 12.1 Å². The number of aliphatic hydroxyl groups excluding tert-OH is 1. The number of amides is 3. The molecule has 214 valence electrons. The molecule has 0 radical (unpaired) electrons. The van der Waals surface area contributed by atoms with E-state index in [1.54, 1.807) is 0 Å². The molecule has 4 rings (SSSR count). The second-order valence-corrected chi connectivity index (χ2v) is 10.1. The van der Waals surface area contributed by atoms with Crippen molar-refractivity contribution in [3.05, 3.63) is 59.9 Å². The predicted octanol–water partition coefficient (Wildman–Crippen LogP) is 0.171. The summed E-state index contributed by atoms with van der Waals surface area (Å²) in [6.07, 6.45) is -1.17. The van der Waals surface area contributed by atoms with Gasteiger partial charge in [-0.15, -0.1) is 0 Å². The van der Waals surface area contributed by atoms with E-state index in [0.717, 1.165) is 5.56 Å². The highest BCUT2D eigenvalue weighted by atomic mass is 16.6. The lowest BCUT2D eigenvalue weighted by atomic mass is 9.90. The number of benzene rings is 1. The lowest BCUT2D eigenvalue weighted by Gasteiger charge is -2.41. The number of rotatable bonds is 5. The SMILES string of the molecule is C[C@H]1OC(=O)C(C2CCO2)N(C)C(=O)[C@H](C)[C@H](O)[C@H](Cc2ccccc2)NC(=O)[C@H]1NC(=O)c1ncccc1O. The van der Waals surface area contributed by atoms with Gasteiger partial charge in [0.05, 0.1) is 24.2 Å². The van der Waals surface area contributed by atoms with Crippen LogP contribution in [-0.4, -0.2) is 93.9 Å². The summed E-state index contributed by atoms with van der Waals surface area (Å²) < 4.78 is 11.2. The molecule has 12 nitrogen and oxygen atoms in total. The molecule has 3 heterocycles. The standard InChI is InChI=1S/C28H34N4O8/c1-15-24(34)18(14-17-8-5-4-6-9-17)30-25(35)21(31-26(36)22-19(33)10-7-12-29-22)16(2)40-28(38)23(20-11-13-39-20)32(3)27(15)37/h4-10,12,15-16,18,20-21,23-24,33-34H,11,13-14H2,1-3H3,(H,30,35)(H,31,36)/t15-,16-,18+,20?,21+,23?,24+/m1/s1. The summed E-state index contributed by atoms with van der Waals surface area (Å²) in [5.41, 5.74) is 0.478. The third-order valence-electron chi connectivity index (χ3n) is 7.38. The van der Waals surface area contributed by atoms with Gasteiger partial charge in [0.15, 0.2) is 11.7 Å². The van der Waals surface area contributed by atoms with Crippen molar-refractivity contribution in [3.8, 4) is 5.75 Å². The van der Waals surface area contributed by atoms with Gasteiger partial charge >= 0.3 is 5.97 Å². The first-order valence-corrected chi connectivity index (χ1v) is 13.1. The van der Waals surface area contributed by atoms with Crippen molar-refractivity contribution in [1.82, 2.24) is 20.5 Å². The van der Waals surface area contributed by atoms with E-state index >= 15 is 0 Å². The molecule has 7 atom stereocenters. The van der Waals surface area contributed by atoms with Crippen LogP contribution in [0.15, 0.2) is 48.7 Å². The van der Waals surface area contributed by atoms with Gasteiger partial charge in [-0.2, -0.15) is 0 Å². The fourth-order valence-corrected chi connectivity index (χ4v) is 4.91. The maximum atomic E-state index is 13.6. The highest BCUT2D eigenvalue weighted by Crippen LogP contribution is 2.25. The molecule has 3 amide bonds. The van der Waals surface area contributed by atoms with Crippen LogP contribution in [0.25, 0.3) is 0 Å². The van der Waals surface area contributed by atoms with Gasteiger partial charge < -0.3 is 35.2 Å². The van der Waals surface area contributed by atoms with Gasteiger partial charge in [0.2, 0.25) is 11.8 Å². The Balaban J connectivity index is 1.70. The number of aromatic hydroxyl groups is 1. The maximum absolute atomic E-state index is 13.6. The topological polar surface area (TPSA) is 167 Å². The van der Waals surface area contributed by atoms with Gasteiger partial charge in [0.25, 0.3) is 5.91 Å². The number of hydrogen-bond donors (Lipinski definition) is 4. The number of cyclic esters (lactones) is 1. The minimum absolute atomic E-state index is 0.181. The molecular weight excluding hydrogens is 520 g/mol. The van der Waals surface area contributed by atoms with Gasteiger partial charge in [-0.05, 0) is 37.5 Å². The molecule has 0 saturated carbocycles. The van der Waals surface area contributed by atoms with Crippen LogP contribution in [0, 0.1) is 5.92 Å². The van der Waals surface area contributed by atoms with Gasteiger partial charge in [-0.25, -0.2) is 9.78 Å². The van der Waals surface area contributed by atoms with Crippen molar-refractivity contribution in [2.75, 3.05) is 13.7 Å². The number of carbonyl (C=O) groups is 4. The summed E-state index contributed by atoms with van der Waals surface area (Å²) in [6.45, 7) is 3.37. The Morgan fingerprint density at radius 3 is 2.48 bits per heavy atom. The van der Waals surface area contributed by atoms with Gasteiger partial charge in [-0.3, -0.25) is 14.4 Å². The van der Waals surface area contributed by atoms with Crippen molar-refractivity contribution >= 4 is 23.7 Å². The Morgan fingerprint density at radius 1 is 1.15 bits per heavy atom. The number of esters is 1. The molecule has 2 aliphatic heterocycles. The van der Waals surface area contributed by atoms with E-state index in [2.05, 4.69) is 15.6 Å². The summed E-state index contributed by atoms with van der Waals surface area (Å²) >= 11 is 0. The zero-order chi connectivity index (χ0) is 29.0. The van der Waals surface area contributed by atoms with Crippen LogP contribution in [0.5, 0.6) is 5.75 Å². The summed E-state index contributed by atoms with van der Waals surface area (Å²) in [5, 5.41) is 26.7. The van der Waals surface area contributed by atoms with Crippen molar-refractivity contribution in [2.45, 2.75) is 63.1 Å². The molecule has 1 aromatic carbocycles. The van der Waals surface area contributed by atoms with E-state index in [9.17, 15) is 29.4 Å². The molecular formula is C28H34N4O8. The lowest BCUT2D eigenvalue weighted by Crippen LogP contribution is -2.62. The van der Waals surface area contributed by atoms with Crippen LogP contribution in [0.4, 0.5) is 0 Å². The minimum atomic E-state index is -1.43. The Morgan fingerprint density at radius 2 is 1.85 bits per heavy atom.